The van der Waals surface area contributed by atoms with Gasteiger partial charge < -0.3 is 31.9 Å². The normalized spacial score (nSPS) is 14.1. The van der Waals surface area contributed by atoms with Gasteiger partial charge in [-0.05, 0) is 12.8 Å². The number of carbonyl (C=O) groups is 5. The molecule has 11 heteroatoms. The lowest BCUT2D eigenvalue weighted by atomic mass is 10.0. The minimum absolute atomic E-state index is 0.408. The largest absolute Gasteiger partial charge is 0.481 e. The maximum Gasteiger partial charge on any atom is 0.326 e. The van der Waals surface area contributed by atoms with Crippen molar-refractivity contribution in [1.82, 2.24) is 16.0 Å². The lowest BCUT2D eigenvalue weighted by Crippen LogP contribution is -2.55. The Hall–Kier alpha value is -2.69. The van der Waals surface area contributed by atoms with E-state index in [4.69, 9.17) is 15.9 Å². The van der Waals surface area contributed by atoms with Gasteiger partial charge in [-0.15, -0.1) is 0 Å². The molecule has 142 valence electrons. The van der Waals surface area contributed by atoms with E-state index in [9.17, 15) is 24.0 Å². The SMILES string of the molecule is CC(N)C(=O)NCC(=O)NC(C(=O)NC(CC(=O)O)C(=O)O)C(C)C. The molecule has 11 nitrogen and oxygen atoms in total. The summed E-state index contributed by atoms with van der Waals surface area (Å²) < 4.78 is 0. The molecule has 0 bridgehead atoms. The third-order valence-electron chi connectivity index (χ3n) is 3.10. The smallest absolute Gasteiger partial charge is 0.326 e. The molecule has 0 rings (SSSR count). The number of amides is 3. The number of rotatable bonds is 10. The van der Waals surface area contributed by atoms with Gasteiger partial charge in [0, 0.05) is 0 Å². The first kappa shape index (κ1) is 22.3. The van der Waals surface area contributed by atoms with Crippen molar-refractivity contribution < 1.29 is 34.2 Å². The molecule has 0 saturated carbocycles. The van der Waals surface area contributed by atoms with E-state index in [0.717, 1.165) is 0 Å². The Bertz CT molecular complexity index is 533. The first-order chi connectivity index (χ1) is 11.5. The summed E-state index contributed by atoms with van der Waals surface area (Å²) in [5.74, 6) is -5.37. The standard InChI is InChI=1S/C14H24N4O7/c1-6(2)11(18-9(19)5-16-12(22)7(3)15)13(23)17-8(14(24)25)4-10(20)21/h6-8,11H,4-5,15H2,1-3H3,(H,16,22)(H,17,23)(H,18,19)(H,20,21)(H,24,25). The second kappa shape index (κ2) is 10.2. The minimum Gasteiger partial charge on any atom is -0.481 e. The zero-order valence-electron chi connectivity index (χ0n) is 14.2. The van der Waals surface area contributed by atoms with Crippen LogP contribution in [0.5, 0.6) is 0 Å². The molecule has 25 heavy (non-hydrogen) atoms. The molecule has 0 aliphatic carbocycles. The maximum absolute atomic E-state index is 12.2. The Morgan fingerprint density at radius 1 is 0.960 bits per heavy atom. The highest BCUT2D eigenvalue weighted by atomic mass is 16.4. The molecular formula is C14H24N4O7. The van der Waals surface area contributed by atoms with E-state index in [1.54, 1.807) is 13.8 Å². The molecule has 0 aromatic rings. The van der Waals surface area contributed by atoms with Gasteiger partial charge in [0.05, 0.1) is 19.0 Å². The molecule has 7 N–H and O–H groups in total. The van der Waals surface area contributed by atoms with Crippen LogP contribution in [-0.2, 0) is 24.0 Å². The van der Waals surface area contributed by atoms with Crippen molar-refractivity contribution >= 4 is 29.7 Å². The van der Waals surface area contributed by atoms with Gasteiger partial charge in [-0.3, -0.25) is 19.2 Å². The number of aliphatic carboxylic acids is 2. The van der Waals surface area contributed by atoms with Crippen molar-refractivity contribution in [3.05, 3.63) is 0 Å². The van der Waals surface area contributed by atoms with Crippen LogP contribution in [0.15, 0.2) is 0 Å². The molecule has 0 aliphatic heterocycles. The van der Waals surface area contributed by atoms with Crippen molar-refractivity contribution in [3.8, 4) is 0 Å². The summed E-state index contributed by atoms with van der Waals surface area (Å²) in [6.07, 6.45) is -0.801. The molecule has 0 spiro atoms. The third kappa shape index (κ3) is 8.65. The lowest BCUT2D eigenvalue weighted by molar-refractivity contribution is -0.147. The molecule has 0 aromatic carbocycles. The third-order valence-corrected chi connectivity index (χ3v) is 3.10. The van der Waals surface area contributed by atoms with Crippen LogP contribution in [0.25, 0.3) is 0 Å². The van der Waals surface area contributed by atoms with Crippen LogP contribution < -0.4 is 21.7 Å². The number of carboxylic acid groups (broad SMARTS) is 2. The Balaban J connectivity index is 4.83. The average Bonchev–Trinajstić information content (AvgIpc) is 2.48. The molecule has 0 aliphatic rings. The molecule has 3 amide bonds. The van der Waals surface area contributed by atoms with Crippen LogP contribution in [0, 0.1) is 5.92 Å². The van der Waals surface area contributed by atoms with E-state index < -0.39 is 66.7 Å². The van der Waals surface area contributed by atoms with E-state index >= 15 is 0 Å². The number of nitrogens with one attached hydrogen (secondary N) is 3. The van der Waals surface area contributed by atoms with Crippen molar-refractivity contribution in [1.29, 1.82) is 0 Å². The average molecular weight is 360 g/mol. The zero-order chi connectivity index (χ0) is 19.7. The molecule has 0 saturated heterocycles. The number of hydrogen-bond acceptors (Lipinski definition) is 6. The highest BCUT2D eigenvalue weighted by molar-refractivity contribution is 5.93. The molecule has 0 aromatic heterocycles. The predicted octanol–water partition coefficient (Wildman–Crippen LogP) is -2.37. The Morgan fingerprint density at radius 2 is 1.52 bits per heavy atom. The van der Waals surface area contributed by atoms with Crippen molar-refractivity contribution in [3.63, 3.8) is 0 Å². The van der Waals surface area contributed by atoms with Gasteiger partial charge in [0.25, 0.3) is 0 Å². The van der Waals surface area contributed by atoms with Gasteiger partial charge in [0.1, 0.15) is 12.1 Å². The molecule has 0 heterocycles. The lowest BCUT2D eigenvalue weighted by Gasteiger charge is -2.23. The van der Waals surface area contributed by atoms with Crippen LogP contribution >= 0.6 is 0 Å². The van der Waals surface area contributed by atoms with Crippen LogP contribution in [0.3, 0.4) is 0 Å². The summed E-state index contributed by atoms with van der Waals surface area (Å²) in [5, 5.41) is 24.3. The minimum atomic E-state index is -1.62. The number of nitrogens with two attached hydrogens (primary N) is 1. The first-order valence-corrected chi connectivity index (χ1v) is 7.53. The van der Waals surface area contributed by atoms with Crippen molar-refractivity contribution in [2.24, 2.45) is 11.7 Å². The summed E-state index contributed by atoms with van der Waals surface area (Å²) in [7, 11) is 0. The topological polar surface area (TPSA) is 188 Å². The summed E-state index contributed by atoms with van der Waals surface area (Å²) in [6.45, 7) is 4.25. The second-order valence-electron chi connectivity index (χ2n) is 5.79. The molecule has 3 unspecified atom stereocenters. The van der Waals surface area contributed by atoms with Gasteiger partial charge in [-0.2, -0.15) is 0 Å². The molecule has 0 fully saturated rings. The van der Waals surface area contributed by atoms with E-state index in [2.05, 4.69) is 16.0 Å². The Kier molecular flexibility index (Phi) is 9.13. The van der Waals surface area contributed by atoms with Gasteiger partial charge in [0.15, 0.2) is 0 Å². The predicted molar refractivity (Wildman–Crippen MR) is 85.2 cm³/mol. The van der Waals surface area contributed by atoms with Crippen molar-refractivity contribution in [2.45, 2.75) is 45.3 Å². The number of carboxylic acids is 2. The van der Waals surface area contributed by atoms with Gasteiger partial charge >= 0.3 is 11.9 Å². The van der Waals surface area contributed by atoms with Gasteiger partial charge in [-0.25, -0.2) is 4.79 Å². The Morgan fingerprint density at radius 3 is 1.92 bits per heavy atom. The van der Waals surface area contributed by atoms with Crippen LogP contribution in [-0.4, -0.2) is 64.5 Å². The highest BCUT2D eigenvalue weighted by Gasteiger charge is 2.29. The van der Waals surface area contributed by atoms with Gasteiger partial charge in [-0.1, -0.05) is 13.8 Å². The number of hydrogen-bond donors (Lipinski definition) is 6. The molecule has 3 atom stereocenters. The zero-order valence-corrected chi connectivity index (χ0v) is 14.2. The molecular weight excluding hydrogens is 336 g/mol. The van der Waals surface area contributed by atoms with E-state index in [0.29, 0.717) is 0 Å². The maximum atomic E-state index is 12.2. The monoisotopic (exact) mass is 360 g/mol. The quantitative estimate of drug-likeness (QED) is 0.249. The summed E-state index contributed by atoms with van der Waals surface area (Å²) in [4.78, 5) is 57.0. The van der Waals surface area contributed by atoms with Crippen LogP contribution in [0.4, 0.5) is 0 Å². The van der Waals surface area contributed by atoms with Crippen LogP contribution in [0.1, 0.15) is 27.2 Å². The fourth-order valence-corrected chi connectivity index (χ4v) is 1.72. The Labute approximate surface area is 144 Å². The summed E-state index contributed by atoms with van der Waals surface area (Å²) in [6, 6.07) is -3.53. The fourth-order valence-electron chi connectivity index (χ4n) is 1.72. The van der Waals surface area contributed by atoms with E-state index in [1.807, 2.05) is 0 Å². The first-order valence-electron chi connectivity index (χ1n) is 7.53. The van der Waals surface area contributed by atoms with E-state index in [1.165, 1.54) is 6.92 Å². The molecule has 0 radical (unpaired) electrons. The summed E-state index contributed by atoms with van der Waals surface area (Å²) >= 11 is 0. The second-order valence-corrected chi connectivity index (χ2v) is 5.79. The van der Waals surface area contributed by atoms with Crippen LogP contribution in [0.2, 0.25) is 0 Å². The van der Waals surface area contributed by atoms with E-state index in [-0.39, 0.29) is 0 Å². The summed E-state index contributed by atoms with van der Waals surface area (Å²) in [5.41, 5.74) is 5.33. The highest BCUT2D eigenvalue weighted by Crippen LogP contribution is 2.04. The van der Waals surface area contributed by atoms with Crippen molar-refractivity contribution in [2.75, 3.05) is 6.54 Å². The fraction of sp³-hybridized carbons (Fsp3) is 0.643. The number of carbonyl (C=O) groups excluding carboxylic acids is 3. The van der Waals surface area contributed by atoms with Gasteiger partial charge in [0.2, 0.25) is 17.7 Å².